The first-order valence-electron chi connectivity index (χ1n) is 4.00. The molecule has 0 aromatic heterocycles. The molecule has 4 N–H and O–H groups in total. The first-order chi connectivity index (χ1) is 6.73. The van der Waals surface area contributed by atoms with Gasteiger partial charge in [0.1, 0.15) is 0 Å². The molecule has 0 saturated heterocycles. The largest absolute Gasteiger partial charge is 0.416 e. The van der Waals surface area contributed by atoms with Crippen LogP contribution in [0.3, 0.4) is 0 Å². The van der Waals surface area contributed by atoms with E-state index in [-0.39, 0.29) is 16.9 Å². The summed E-state index contributed by atoms with van der Waals surface area (Å²) in [7, 11) is 0. The van der Waals surface area contributed by atoms with Crippen molar-refractivity contribution in [3.8, 4) is 0 Å². The van der Waals surface area contributed by atoms with Crippen molar-refractivity contribution in [2.24, 2.45) is 0 Å². The number of carbonyl (C=O) groups is 1. The minimum atomic E-state index is -4.54. The minimum Gasteiger partial charge on any atom is -0.397 e. The zero-order valence-electron chi connectivity index (χ0n) is 7.85. The van der Waals surface area contributed by atoms with Gasteiger partial charge in [-0.3, -0.25) is 4.79 Å². The lowest BCUT2D eigenvalue weighted by molar-refractivity contribution is -0.137. The lowest BCUT2D eigenvalue weighted by atomic mass is 10.0. The number of nitrogen functional groups attached to an aromatic ring is 2. The summed E-state index contributed by atoms with van der Waals surface area (Å²) in [5, 5.41) is 0. The lowest BCUT2D eigenvalue weighted by Gasteiger charge is -2.11. The zero-order chi connectivity index (χ0) is 11.8. The van der Waals surface area contributed by atoms with Crippen molar-refractivity contribution in [2.45, 2.75) is 13.1 Å². The Balaban J connectivity index is 3.43. The van der Waals surface area contributed by atoms with E-state index in [0.29, 0.717) is 12.1 Å². The van der Waals surface area contributed by atoms with Crippen LogP contribution in [0.4, 0.5) is 24.5 Å². The average Bonchev–Trinajstić information content (AvgIpc) is 2.06. The Morgan fingerprint density at radius 3 is 2.20 bits per heavy atom. The van der Waals surface area contributed by atoms with E-state index in [0.717, 1.165) is 6.92 Å². The first-order valence-corrected chi connectivity index (χ1v) is 4.00. The summed E-state index contributed by atoms with van der Waals surface area (Å²) in [5.41, 5.74) is 9.13. The van der Waals surface area contributed by atoms with E-state index in [4.69, 9.17) is 11.5 Å². The number of Topliss-reactive ketones (excluding diaryl/α,β-unsaturated/α-hetero) is 1. The third kappa shape index (κ3) is 2.20. The molecule has 0 spiro atoms. The molecule has 82 valence electrons. The van der Waals surface area contributed by atoms with Gasteiger partial charge in [0, 0.05) is 5.56 Å². The smallest absolute Gasteiger partial charge is 0.397 e. The van der Waals surface area contributed by atoms with E-state index in [2.05, 4.69) is 0 Å². The molecule has 0 aliphatic carbocycles. The number of anilines is 2. The van der Waals surface area contributed by atoms with E-state index in [1.165, 1.54) is 0 Å². The maximum atomic E-state index is 12.3. The van der Waals surface area contributed by atoms with E-state index in [9.17, 15) is 18.0 Å². The number of hydrogen-bond acceptors (Lipinski definition) is 3. The Bertz CT molecular complexity index is 413. The Morgan fingerprint density at radius 1 is 1.27 bits per heavy atom. The summed E-state index contributed by atoms with van der Waals surface area (Å²) in [6.45, 7) is 1.13. The third-order valence-electron chi connectivity index (χ3n) is 1.92. The molecule has 0 saturated carbocycles. The second-order valence-corrected chi connectivity index (χ2v) is 3.08. The number of halogens is 3. The molecule has 0 bridgehead atoms. The Kier molecular flexibility index (Phi) is 2.61. The van der Waals surface area contributed by atoms with E-state index in [1.54, 1.807) is 0 Å². The average molecular weight is 218 g/mol. The van der Waals surface area contributed by atoms with E-state index >= 15 is 0 Å². The normalized spacial score (nSPS) is 11.5. The highest BCUT2D eigenvalue weighted by Gasteiger charge is 2.32. The van der Waals surface area contributed by atoms with Gasteiger partial charge in [-0.25, -0.2) is 0 Å². The topological polar surface area (TPSA) is 69.1 Å². The van der Waals surface area contributed by atoms with Crippen LogP contribution in [0.5, 0.6) is 0 Å². The Morgan fingerprint density at radius 2 is 1.80 bits per heavy atom. The highest BCUT2D eigenvalue weighted by molar-refractivity contribution is 6.01. The van der Waals surface area contributed by atoms with Crippen LogP contribution < -0.4 is 11.5 Å². The van der Waals surface area contributed by atoms with Crippen LogP contribution in [0.25, 0.3) is 0 Å². The minimum absolute atomic E-state index is 0.115. The molecule has 0 heterocycles. The number of rotatable bonds is 1. The molecule has 0 aliphatic heterocycles. The Hall–Kier alpha value is -1.72. The molecular formula is C9H9F3N2O. The van der Waals surface area contributed by atoms with Gasteiger partial charge in [0.15, 0.2) is 5.78 Å². The molecule has 3 nitrogen and oxygen atoms in total. The number of alkyl halides is 3. The van der Waals surface area contributed by atoms with Crippen molar-refractivity contribution in [2.75, 3.05) is 11.5 Å². The molecule has 1 aromatic rings. The quantitative estimate of drug-likeness (QED) is 0.560. The predicted octanol–water partition coefficient (Wildman–Crippen LogP) is 2.07. The van der Waals surface area contributed by atoms with Gasteiger partial charge in [-0.15, -0.1) is 0 Å². The number of hydrogen-bond donors (Lipinski definition) is 2. The molecular weight excluding hydrogens is 209 g/mol. The summed E-state index contributed by atoms with van der Waals surface area (Å²) in [4.78, 5) is 11.0. The summed E-state index contributed by atoms with van der Waals surface area (Å²) in [6.07, 6.45) is -4.54. The molecule has 0 amide bonds. The Labute approximate surface area is 83.9 Å². The molecule has 0 unspecified atom stereocenters. The fraction of sp³-hybridized carbons (Fsp3) is 0.222. The summed E-state index contributed by atoms with van der Waals surface area (Å²) in [6, 6.07) is 1.41. The molecule has 15 heavy (non-hydrogen) atoms. The number of nitrogens with two attached hydrogens (primary N) is 2. The van der Waals surface area contributed by atoms with E-state index in [1.807, 2.05) is 0 Å². The van der Waals surface area contributed by atoms with Crippen LogP contribution in [-0.2, 0) is 6.18 Å². The summed E-state index contributed by atoms with van der Waals surface area (Å²) in [5.74, 6) is -0.551. The number of carbonyl (C=O) groups excluding carboxylic acids is 1. The van der Waals surface area contributed by atoms with Gasteiger partial charge in [-0.1, -0.05) is 0 Å². The van der Waals surface area contributed by atoms with E-state index < -0.39 is 17.5 Å². The van der Waals surface area contributed by atoms with Gasteiger partial charge in [0.2, 0.25) is 0 Å². The van der Waals surface area contributed by atoms with Crippen molar-refractivity contribution in [1.82, 2.24) is 0 Å². The summed E-state index contributed by atoms with van der Waals surface area (Å²) >= 11 is 0. The van der Waals surface area contributed by atoms with Gasteiger partial charge < -0.3 is 11.5 Å². The predicted molar refractivity (Wildman–Crippen MR) is 50.3 cm³/mol. The van der Waals surface area contributed by atoms with Crippen LogP contribution in [0.15, 0.2) is 12.1 Å². The second-order valence-electron chi connectivity index (χ2n) is 3.08. The molecule has 1 rings (SSSR count). The zero-order valence-corrected chi connectivity index (χ0v) is 7.85. The molecule has 0 fully saturated rings. The highest BCUT2D eigenvalue weighted by Crippen LogP contribution is 2.34. The maximum absolute atomic E-state index is 12.3. The summed E-state index contributed by atoms with van der Waals surface area (Å²) < 4.78 is 37.0. The standard InChI is InChI=1S/C9H9F3N2O/c1-4(15)6-2-5(9(10,11)12)3-7(13)8(6)14/h2-3H,13-14H2,1H3. The second kappa shape index (κ2) is 3.45. The van der Waals surface area contributed by atoms with Gasteiger partial charge in [0.05, 0.1) is 16.9 Å². The molecule has 0 aliphatic rings. The number of benzene rings is 1. The van der Waals surface area contributed by atoms with Crippen molar-refractivity contribution < 1.29 is 18.0 Å². The molecule has 1 aromatic carbocycles. The third-order valence-corrected chi connectivity index (χ3v) is 1.92. The van der Waals surface area contributed by atoms with Gasteiger partial charge in [-0.2, -0.15) is 13.2 Å². The number of ketones is 1. The monoisotopic (exact) mass is 218 g/mol. The van der Waals surface area contributed by atoms with Crippen molar-refractivity contribution in [3.05, 3.63) is 23.3 Å². The lowest BCUT2D eigenvalue weighted by Crippen LogP contribution is -2.11. The first kappa shape index (κ1) is 11.4. The van der Waals surface area contributed by atoms with Crippen molar-refractivity contribution in [3.63, 3.8) is 0 Å². The highest BCUT2D eigenvalue weighted by atomic mass is 19.4. The van der Waals surface area contributed by atoms with Gasteiger partial charge >= 0.3 is 6.18 Å². The van der Waals surface area contributed by atoms with Crippen molar-refractivity contribution >= 4 is 17.2 Å². The SMILES string of the molecule is CC(=O)c1cc(C(F)(F)F)cc(N)c1N. The van der Waals surface area contributed by atoms with Gasteiger partial charge in [0.25, 0.3) is 0 Å². The van der Waals surface area contributed by atoms with Gasteiger partial charge in [-0.05, 0) is 19.1 Å². The molecule has 0 atom stereocenters. The molecule has 6 heteroatoms. The van der Waals surface area contributed by atoms with Crippen LogP contribution >= 0.6 is 0 Å². The molecule has 0 radical (unpaired) electrons. The van der Waals surface area contributed by atoms with Crippen LogP contribution in [0.2, 0.25) is 0 Å². The maximum Gasteiger partial charge on any atom is 0.416 e. The van der Waals surface area contributed by atoms with Crippen LogP contribution in [-0.4, -0.2) is 5.78 Å². The fourth-order valence-corrected chi connectivity index (χ4v) is 1.13. The van der Waals surface area contributed by atoms with Crippen LogP contribution in [0, 0.1) is 0 Å². The van der Waals surface area contributed by atoms with Crippen molar-refractivity contribution in [1.29, 1.82) is 0 Å². The fourth-order valence-electron chi connectivity index (χ4n) is 1.13. The van der Waals surface area contributed by atoms with Crippen LogP contribution in [0.1, 0.15) is 22.8 Å².